The average Bonchev–Trinajstić information content (AvgIpc) is 3.25. The van der Waals surface area contributed by atoms with Crippen molar-refractivity contribution in [2.45, 2.75) is 38.7 Å². The van der Waals surface area contributed by atoms with Crippen molar-refractivity contribution >= 4 is 50.7 Å². The molecule has 170 valence electrons. The minimum atomic E-state index is -0.591. The number of aromatic nitrogens is 2. The number of Topliss-reactive ketones (excluding diaryl/α,β-unsaturated/α-hetero) is 1. The maximum Gasteiger partial charge on any atom is 0.407 e. The molecule has 1 amide bonds. The Morgan fingerprint density at radius 2 is 1.97 bits per heavy atom. The normalized spacial score (nSPS) is 12.4. The standard InChI is InChI=1S/C23H25BrClN3O3S/c1-23(2,3)31-22(30)26-12-15(14-8-6-5-7-9-14)10-18(29)19-11-16(21(25)32-19)20-17(24)13-27-28(20)4/h5-9,11,13,15H,10,12H2,1-4H3,(H,26,30)/t15-/m1/s1. The van der Waals surface area contributed by atoms with Gasteiger partial charge in [-0.25, -0.2) is 4.79 Å². The molecule has 1 N–H and O–H groups in total. The van der Waals surface area contributed by atoms with Gasteiger partial charge in [-0.3, -0.25) is 9.48 Å². The third kappa shape index (κ3) is 6.21. The van der Waals surface area contributed by atoms with Gasteiger partial charge in [0, 0.05) is 31.5 Å². The molecule has 0 aliphatic rings. The molecule has 0 aliphatic carbocycles. The molecule has 0 saturated heterocycles. The number of hydrogen-bond donors (Lipinski definition) is 1. The fourth-order valence-electron chi connectivity index (χ4n) is 3.26. The highest BCUT2D eigenvalue weighted by molar-refractivity contribution is 9.10. The first-order valence-electron chi connectivity index (χ1n) is 10.1. The number of carbonyl (C=O) groups is 2. The van der Waals surface area contributed by atoms with Crippen LogP contribution < -0.4 is 5.32 Å². The number of benzene rings is 1. The van der Waals surface area contributed by atoms with Crippen LogP contribution in [0.15, 0.2) is 47.1 Å². The van der Waals surface area contributed by atoms with E-state index in [1.54, 1.807) is 16.9 Å². The van der Waals surface area contributed by atoms with E-state index in [1.165, 1.54) is 11.3 Å². The number of nitrogens with zero attached hydrogens (tertiary/aromatic N) is 2. The number of thiophene rings is 1. The van der Waals surface area contributed by atoms with Crippen LogP contribution in [-0.4, -0.2) is 33.8 Å². The van der Waals surface area contributed by atoms with E-state index in [4.69, 9.17) is 16.3 Å². The fourth-order valence-corrected chi connectivity index (χ4v) is 5.05. The van der Waals surface area contributed by atoms with Gasteiger partial charge in [-0.15, -0.1) is 11.3 Å². The second-order valence-corrected chi connectivity index (χ2v) is 10.9. The van der Waals surface area contributed by atoms with E-state index in [0.717, 1.165) is 21.3 Å². The lowest BCUT2D eigenvalue weighted by Gasteiger charge is -2.22. The first kappa shape index (κ1) is 24.5. The van der Waals surface area contributed by atoms with Gasteiger partial charge in [0.25, 0.3) is 0 Å². The van der Waals surface area contributed by atoms with E-state index in [0.29, 0.717) is 9.21 Å². The van der Waals surface area contributed by atoms with E-state index >= 15 is 0 Å². The van der Waals surface area contributed by atoms with Crippen molar-refractivity contribution in [2.75, 3.05) is 6.54 Å². The maximum absolute atomic E-state index is 13.2. The summed E-state index contributed by atoms with van der Waals surface area (Å²) in [4.78, 5) is 25.9. The van der Waals surface area contributed by atoms with Crippen LogP contribution in [0.1, 0.15) is 48.3 Å². The number of ketones is 1. The van der Waals surface area contributed by atoms with E-state index in [-0.39, 0.29) is 24.7 Å². The molecule has 3 aromatic rings. The number of alkyl carbamates (subject to hydrolysis) is 1. The number of halogens is 2. The molecule has 0 fully saturated rings. The largest absolute Gasteiger partial charge is 0.444 e. The summed E-state index contributed by atoms with van der Waals surface area (Å²) in [5.74, 6) is -0.245. The number of hydrogen-bond acceptors (Lipinski definition) is 5. The minimum absolute atomic E-state index is 0.0405. The number of aryl methyl sites for hydroxylation is 1. The van der Waals surface area contributed by atoms with Crippen molar-refractivity contribution in [3.05, 3.63) is 61.8 Å². The summed E-state index contributed by atoms with van der Waals surface area (Å²) in [6.45, 7) is 5.71. The lowest BCUT2D eigenvalue weighted by molar-refractivity contribution is 0.0522. The highest BCUT2D eigenvalue weighted by Crippen LogP contribution is 2.39. The molecule has 6 nitrogen and oxygen atoms in total. The number of amides is 1. The Balaban J connectivity index is 1.78. The highest BCUT2D eigenvalue weighted by Gasteiger charge is 2.24. The minimum Gasteiger partial charge on any atom is -0.444 e. The summed E-state index contributed by atoms with van der Waals surface area (Å²) in [5, 5.41) is 7.02. The molecule has 2 aromatic heterocycles. The summed E-state index contributed by atoms with van der Waals surface area (Å²) >= 11 is 11.2. The SMILES string of the molecule is Cn1ncc(Br)c1-c1cc(C(=O)C[C@H](CNC(=O)OC(C)(C)C)c2ccccc2)sc1Cl. The van der Waals surface area contributed by atoms with Gasteiger partial charge in [-0.05, 0) is 48.3 Å². The Kier molecular flexibility index (Phi) is 7.79. The summed E-state index contributed by atoms with van der Waals surface area (Å²) < 4.78 is 8.38. The van der Waals surface area contributed by atoms with Gasteiger partial charge in [-0.1, -0.05) is 41.9 Å². The van der Waals surface area contributed by atoms with Crippen LogP contribution in [0.4, 0.5) is 4.79 Å². The molecule has 9 heteroatoms. The van der Waals surface area contributed by atoms with Gasteiger partial charge in [0.05, 0.1) is 21.2 Å². The van der Waals surface area contributed by atoms with E-state index in [1.807, 2.05) is 58.2 Å². The smallest absolute Gasteiger partial charge is 0.407 e. The van der Waals surface area contributed by atoms with Crippen LogP contribution in [0.25, 0.3) is 11.3 Å². The molecule has 0 spiro atoms. The third-order valence-corrected chi connectivity index (χ3v) is 6.69. The van der Waals surface area contributed by atoms with E-state index in [9.17, 15) is 9.59 Å². The first-order valence-corrected chi connectivity index (χ1v) is 12.1. The van der Waals surface area contributed by atoms with Crippen molar-refractivity contribution in [2.24, 2.45) is 7.05 Å². The molecular weight excluding hydrogens is 514 g/mol. The molecule has 32 heavy (non-hydrogen) atoms. The second-order valence-electron chi connectivity index (χ2n) is 8.38. The predicted molar refractivity (Wildman–Crippen MR) is 132 cm³/mol. The molecule has 0 bridgehead atoms. The Bertz CT molecular complexity index is 1090. The molecular formula is C23H25BrClN3O3S. The lowest BCUT2D eigenvalue weighted by Crippen LogP contribution is -2.35. The molecule has 1 aromatic carbocycles. The van der Waals surface area contributed by atoms with Crippen LogP contribution in [0.3, 0.4) is 0 Å². The van der Waals surface area contributed by atoms with Gasteiger partial charge in [0.15, 0.2) is 5.78 Å². The Labute approximate surface area is 205 Å². The summed E-state index contributed by atoms with van der Waals surface area (Å²) in [6, 6.07) is 11.5. The van der Waals surface area contributed by atoms with Gasteiger partial charge < -0.3 is 10.1 Å². The zero-order valence-corrected chi connectivity index (χ0v) is 21.5. The molecule has 3 rings (SSSR count). The summed E-state index contributed by atoms with van der Waals surface area (Å²) in [6.07, 6.45) is 1.41. The van der Waals surface area contributed by atoms with Crippen LogP contribution in [-0.2, 0) is 11.8 Å². The average molecular weight is 539 g/mol. The predicted octanol–water partition coefficient (Wildman–Crippen LogP) is 6.45. The lowest BCUT2D eigenvalue weighted by atomic mass is 9.93. The molecule has 0 aliphatic heterocycles. The Morgan fingerprint density at radius 3 is 2.56 bits per heavy atom. The van der Waals surface area contributed by atoms with Gasteiger partial charge in [0.1, 0.15) is 9.94 Å². The molecule has 2 heterocycles. The quantitative estimate of drug-likeness (QED) is 0.351. The van der Waals surface area contributed by atoms with Crippen LogP contribution in [0, 0.1) is 0 Å². The molecule has 0 unspecified atom stereocenters. The number of nitrogens with one attached hydrogen (secondary N) is 1. The van der Waals surface area contributed by atoms with Crippen molar-refractivity contribution in [3.63, 3.8) is 0 Å². The van der Waals surface area contributed by atoms with Crippen molar-refractivity contribution in [1.29, 1.82) is 0 Å². The van der Waals surface area contributed by atoms with Gasteiger partial charge in [-0.2, -0.15) is 5.10 Å². The molecule has 0 saturated carbocycles. The molecule has 0 radical (unpaired) electrons. The number of ether oxygens (including phenoxy) is 1. The molecule has 1 atom stereocenters. The monoisotopic (exact) mass is 537 g/mol. The summed E-state index contributed by atoms with van der Waals surface area (Å²) in [7, 11) is 1.82. The highest BCUT2D eigenvalue weighted by atomic mass is 79.9. The fraction of sp³-hybridized carbons (Fsp3) is 0.348. The van der Waals surface area contributed by atoms with Crippen LogP contribution in [0.5, 0.6) is 0 Å². The van der Waals surface area contributed by atoms with E-state index < -0.39 is 11.7 Å². The van der Waals surface area contributed by atoms with Crippen LogP contribution >= 0.6 is 38.9 Å². The third-order valence-electron chi connectivity index (χ3n) is 4.71. The first-order chi connectivity index (χ1) is 15.0. The topological polar surface area (TPSA) is 73.2 Å². The van der Waals surface area contributed by atoms with Crippen molar-refractivity contribution in [1.82, 2.24) is 15.1 Å². The number of carbonyl (C=O) groups excluding carboxylic acids is 2. The summed E-state index contributed by atoms with van der Waals surface area (Å²) in [5.41, 5.74) is 1.95. The van der Waals surface area contributed by atoms with Crippen molar-refractivity contribution < 1.29 is 14.3 Å². The zero-order chi connectivity index (χ0) is 23.5. The second kappa shape index (κ2) is 10.2. The van der Waals surface area contributed by atoms with Crippen molar-refractivity contribution in [3.8, 4) is 11.3 Å². The van der Waals surface area contributed by atoms with Crippen LogP contribution in [0.2, 0.25) is 4.34 Å². The number of rotatable bonds is 7. The maximum atomic E-state index is 13.2. The van der Waals surface area contributed by atoms with E-state index in [2.05, 4.69) is 26.3 Å². The Morgan fingerprint density at radius 1 is 1.28 bits per heavy atom. The van der Waals surface area contributed by atoms with Gasteiger partial charge >= 0.3 is 6.09 Å². The Hall–Kier alpha value is -2.16. The zero-order valence-electron chi connectivity index (χ0n) is 18.3. The van der Waals surface area contributed by atoms with Gasteiger partial charge in [0.2, 0.25) is 0 Å².